The van der Waals surface area contributed by atoms with Crippen molar-refractivity contribution < 1.29 is 4.42 Å². The van der Waals surface area contributed by atoms with Crippen molar-refractivity contribution in [3.05, 3.63) is 63.3 Å². The maximum absolute atomic E-state index is 6.20. The molecule has 3 rings (SSSR count). The summed E-state index contributed by atoms with van der Waals surface area (Å²) in [4.78, 5) is 0. The highest BCUT2D eigenvalue weighted by atomic mass is 79.9. The first-order chi connectivity index (χ1) is 10.0. The molecular weight excluding hydrogens is 350 g/mol. The molecule has 3 aromatic rings. The van der Waals surface area contributed by atoms with Gasteiger partial charge in [-0.2, -0.15) is 0 Å². The normalized spacial score (nSPS) is 12.6. The Morgan fingerprint density at radius 3 is 2.71 bits per heavy atom. The van der Waals surface area contributed by atoms with Crippen molar-refractivity contribution in [3.63, 3.8) is 0 Å². The second-order valence-corrected chi connectivity index (χ2v) is 6.40. The van der Waals surface area contributed by atoms with E-state index in [1.54, 1.807) is 0 Å². The molecular formula is C17H15BrClNO. The Morgan fingerprint density at radius 2 is 1.95 bits per heavy atom. The number of rotatable bonds is 3. The Kier molecular flexibility index (Phi) is 3.96. The maximum Gasteiger partial charge on any atom is 0.134 e. The third-order valence-electron chi connectivity index (χ3n) is 3.49. The molecule has 0 amide bonds. The lowest BCUT2D eigenvalue weighted by molar-refractivity contribution is 0.526. The molecule has 0 fully saturated rings. The van der Waals surface area contributed by atoms with E-state index in [9.17, 15) is 0 Å². The molecule has 1 N–H and O–H groups in total. The SMILES string of the molecule is Cc1cc(Br)c(NC(C)c2cc3ccccc3o2)cc1Cl. The highest BCUT2D eigenvalue weighted by molar-refractivity contribution is 9.10. The number of aryl methyl sites for hydroxylation is 1. The summed E-state index contributed by atoms with van der Waals surface area (Å²) in [6.07, 6.45) is 0. The second kappa shape index (κ2) is 5.74. The molecule has 2 aromatic carbocycles. The van der Waals surface area contributed by atoms with Crippen LogP contribution in [-0.4, -0.2) is 0 Å². The average Bonchev–Trinajstić information content (AvgIpc) is 2.88. The van der Waals surface area contributed by atoms with Gasteiger partial charge in [0.2, 0.25) is 0 Å². The van der Waals surface area contributed by atoms with Crippen molar-refractivity contribution in [2.75, 3.05) is 5.32 Å². The molecule has 0 bridgehead atoms. The quantitative estimate of drug-likeness (QED) is 0.587. The molecule has 1 atom stereocenters. The molecule has 21 heavy (non-hydrogen) atoms. The predicted molar refractivity (Wildman–Crippen MR) is 92.1 cm³/mol. The standard InChI is InChI=1S/C17H15BrClNO/c1-10-7-13(18)15(9-14(10)19)20-11(2)17-8-12-5-3-4-6-16(12)21-17/h3-9,11,20H,1-2H3. The number of furan rings is 1. The third kappa shape index (κ3) is 2.94. The van der Waals surface area contributed by atoms with Gasteiger partial charge in [0.25, 0.3) is 0 Å². The zero-order valence-corrected chi connectivity index (χ0v) is 14.1. The molecule has 0 radical (unpaired) electrons. The van der Waals surface area contributed by atoms with E-state index in [4.69, 9.17) is 16.0 Å². The minimum absolute atomic E-state index is 0.0486. The summed E-state index contributed by atoms with van der Waals surface area (Å²) in [5, 5.41) is 5.29. The van der Waals surface area contributed by atoms with Gasteiger partial charge < -0.3 is 9.73 Å². The van der Waals surface area contributed by atoms with Crippen LogP contribution in [0.5, 0.6) is 0 Å². The molecule has 1 heterocycles. The van der Waals surface area contributed by atoms with Crippen LogP contribution in [0.25, 0.3) is 11.0 Å². The van der Waals surface area contributed by atoms with Crippen LogP contribution in [0, 0.1) is 6.92 Å². The largest absolute Gasteiger partial charge is 0.459 e. The molecule has 0 aliphatic rings. The Balaban J connectivity index is 1.89. The molecule has 4 heteroatoms. The first-order valence-corrected chi connectivity index (χ1v) is 7.92. The number of para-hydroxylation sites is 1. The van der Waals surface area contributed by atoms with Crippen molar-refractivity contribution in [1.82, 2.24) is 0 Å². The van der Waals surface area contributed by atoms with Gasteiger partial charge in [-0.05, 0) is 59.6 Å². The zero-order valence-electron chi connectivity index (χ0n) is 11.8. The Bertz CT molecular complexity index is 764. The number of nitrogens with one attached hydrogen (secondary N) is 1. The fourth-order valence-electron chi connectivity index (χ4n) is 2.28. The Morgan fingerprint density at radius 1 is 1.19 bits per heavy atom. The number of hydrogen-bond acceptors (Lipinski definition) is 2. The van der Waals surface area contributed by atoms with Crippen LogP contribution in [-0.2, 0) is 0 Å². The molecule has 0 saturated carbocycles. The molecule has 0 aliphatic carbocycles. The Labute approximate surface area is 137 Å². The smallest absolute Gasteiger partial charge is 0.134 e. The first-order valence-electron chi connectivity index (χ1n) is 6.75. The van der Waals surface area contributed by atoms with Gasteiger partial charge in [-0.25, -0.2) is 0 Å². The van der Waals surface area contributed by atoms with Crippen molar-refractivity contribution >= 4 is 44.2 Å². The van der Waals surface area contributed by atoms with E-state index in [1.165, 1.54) is 0 Å². The molecule has 2 nitrogen and oxygen atoms in total. The van der Waals surface area contributed by atoms with Crippen molar-refractivity contribution in [1.29, 1.82) is 0 Å². The summed E-state index contributed by atoms with van der Waals surface area (Å²) in [7, 11) is 0. The molecule has 108 valence electrons. The zero-order chi connectivity index (χ0) is 15.0. The predicted octanol–water partition coefficient (Wildman–Crippen LogP) is 6.33. The molecule has 1 aromatic heterocycles. The number of benzene rings is 2. The number of fused-ring (bicyclic) bond motifs is 1. The summed E-state index contributed by atoms with van der Waals surface area (Å²) >= 11 is 9.76. The van der Waals surface area contributed by atoms with Crippen LogP contribution in [0.4, 0.5) is 5.69 Å². The summed E-state index contributed by atoms with van der Waals surface area (Å²) in [5.74, 6) is 0.903. The minimum atomic E-state index is 0.0486. The minimum Gasteiger partial charge on any atom is -0.459 e. The highest BCUT2D eigenvalue weighted by Gasteiger charge is 2.13. The van der Waals surface area contributed by atoms with Crippen molar-refractivity contribution in [2.45, 2.75) is 19.9 Å². The summed E-state index contributed by atoms with van der Waals surface area (Å²) in [5.41, 5.74) is 2.91. The molecule has 0 aliphatic heterocycles. The van der Waals surface area contributed by atoms with Gasteiger partial charge in [0, 0.05) is 14.9 Å². The average molecular weight is 365 g/mol. The van der Waals surface area contributed by atoms with Crippen LogP contribution in [0.2, 0.25) is 5.02 Å². The second-order valence-electron chi connectivity index (χ2n) is 5.13. The highest BCUT2D eigenvalue weighted by Crippen LogP contribution is 2.33. The fraction of sp³-hybridized carbons (Fsp3) is 0.176. The van der Waals surface area contributed by atoms with Gasteiger partial charge in [0.15, 0.2) is 0 Å². The Hall–Kier alpha value is -1.45. The molecule has 1 unspecified atom stereocenters. The number of anilines is 1. The van der Waals surface area contributed by atoms with E-state index in [2.05, 4.69) is 34.2 Å². The van der Waals surface area contributed by atoms with E-state index < -0.39 is 0 Å². The van der Waals surface area contributed by atoms with Gasteiger partial charge in [0.05, 0.1) is 11.7 Å². The van der Waals surface area contributed by atoms with Gasteiger partial charge >= 0.3 is 0 Å². The summed E-state index contributed by atoms with van der Waals surface area (Å²) in [6.45, 7) is 4.05. The van der Waals surface area contributed by atoms with Gasteiger partial charge in [0.1, 0.15) is 11.3 Å². The third-order valence-corrected chi connectivity index (χ3v) is 4.55. The van der Waals surface area contributed by atoms with E-state index >= 15 is 0 Å². The van der Waals surface area contributed by atoms with Crippen LogP contribution in [0.15, 0.2) is 51.4 Å². The van der Waals surface area contributed by atoms with Crippen molar-refractivity contribution in [3.8, 4) is 0 Å². The first kappa shape index (κ1) is 14.5. The van der Waals surface area contributed by atoms with E-state index in [0.717, 1.165) is 37.5 Å². The van der Waals surface area contributed by atoms with Crippen LogP contribution in [0.3, 0.4) is 0 Å². The lowest BCUT2D eigenvalue weighted by Gasteiger charge is -2.15. The van der Waals surface area contributed by atoms with E-state index in [-0.39, 0.29) is 6.04 Å². The van der Waals surface area contributed by atoms with Crippen LogP contribution in [0.1, 0.15) is 24.3 Å². The molecule has 0 spiro atoms. The lowest BCUT2D eigenvalue weighted by Crippen LogP contribution is -2.06. The number of hydrogen-bond donors (Lipinski definition) is 1. The topological polar surface area (TPSA) is 25.2 Å². The van der Waals surface area contributed by atoms with E-state index in [0.29, 0.717) is 0 Å². The van der Waals surface area contributed by atoms with Gasteiger partial charge in [-0.3, -0.25) is 0 Å². The van der Waals surface area contributed by atoms with Crippen LogP contribution < -0.4 is 5.32 Å². The lowest BCUT2D eigenvalue weighted by atomic mass is 10.2. The maximum atomic E-state index is 6.20. The van der Waals surface area contributed by atoms with Crippen molar-refractivity contribution in [2.24, 2.45) is 0 Å². The summed E-state index contributed by atoms with van der Waals surface area (Å²) < 4.78 is 6.88. The van der Waals surface area contributed by atoms with Gasteiger partial charge in [-0.15, -0.1) is 0 Å². The number of halogens is 2. The van der Waals surface area contributed by atoms with Crippen LogP contribution >= 0.6 is 27.5 Å². The molecule has 0 saturated heterocycles. The van der Waals surface area contributed by atoms with E-state index in [1.807, 2.05) is 43.3 Å². The monoisotopic (exact) mass is 363 g/mol. The van der Waals surface area contributed by atoms with Gasteiger partial charge in [-0.1, -0.05) is 29.8 Å². The summed E-state index contributed by atoms with van der Waals surface area (Å²) in [6, 6.07) is 14.1. The fourth-order valence-corrected chi connectivity index (χ4v) is 3.01.